The molecule has 0 saturated heterocycles. The van der Waals surface area contributed by atoms with E-state index in [0.717, 1.165) is 19.5 Å². The first-order chi connectivity index (χ1) is 6.81. The van der Waals surface area contributed by atoms with Gasteiger partial charge in [0.15, 0.2) is 0 Å². The summed E-state index contributed by atoms with van der Waals surface area (Å²) < 4.78 is 0. The monoisotopic (exact) mass is 214 g/mol. The lowest BCUT2D eigenvalue weighted by molar-refractivity contribution is -0.135. The first-order valence-corrected chi connectivity index (χ1v) is 5.81. The van der Waals surface area contributed by atoms with Crippen LogP contribution >= 0.6 is 0 Å². The second-order valence-electron chi connectivity index (χ2n) is 5.06. The minimum atomic E-state index is -0.444. The number of rotatable bonds is 6. The zero-order chi connectivity index (χ0) is 12.1. The predicted octanol–water partition coefficient (Wildman–Crippen LogP) is 1.88. The minimum absolute atomic E-state index is 0.171. The highest BCUT2D eigenvalue weighted by molar-refractivity contribution is 5.85. The number of carbonyl (C=O) groups excluding carboxylic acids is 1. The van der Waals surface area contributed by atoms with E-state index < -0.39 is 5.54 Å². The number of hydrogen-bond donors (Lipinski definition) is 1. The van der Waals surface area contributed by atoms with Crippen molar-refractivity contribution in [1.29, 1.82) is 0 Å². The van der Waals surface area contributed by atoms with Gasteiger partial charge in [0.2, 0.25) is 5.91 Å². The molecule has 0 unspecified atom stereocenters. The van der Waals surface area contributed by atoms with E-state index in [0.29, 0.717) is 5.92 Å². The van der Waals surface area contributed by atoms with Gasteiger partial charge in [-0.25, -0.2) is 0 Å². The van der Waals surface area contributed by atoms with Crippen molar-refractivity contribution in [2.45, 2.75) is 46.6 Å². The van der Waals surface area contributed by atoms with Crippen molar-refractivity contribution >= 4 is 5.91 Å². The van der Waals surface area contributed by atoms with Crippen LogP contribution < -0.4 is 5.32 Å². The molecule has 0 saturated carbocycles. The summed E-state index contributed by atoms with van der Waals surface area (Å²) in [5.74, 6) is 0.812. The van der Waals surface area contributed by atoms with Crippen molar-refractivity contribution in [2.24, 2.45) is 5.92 Å². The van der Waals surface area contributed by atoms with Crippen LogP contribution in [0.2, 0.25) is 0 Å². The maximum atomic E-state index is 12.0. The maximum Gasteiger partial charge on any atom is 0.242 e. The van der Waals surface area contributed by atoms with E-state index in [9.17, 15) is 4.79 Å². The molecule has 0 aromatic rings. The Morgan fingerprint density at radius 3 is 2.33 bits per heavy atom. The highest BCUT2D eigenvalue weighted by atomic mass is 16.2. The van der Waals surface area contributed by atoms with E-state index in [4.69, 9.17) is 0 Å². The molecule has 0 aliphatic rings. The summed E-state index contributed by atoms with van der Waals surface area (Å²) in [7, 11) is 1.88. The summed E-state index contributed by atoms with van der Waals surface area (Å²) in [6.07, 6.45) is 1.06. The quantitative estimate of drug-likeness (QED) is 0.732. The lowest BCUT2D eigenvalue weighted by atomic mass is 10.0. The van der Waals surface area contributed by atoms with E-state index in [1.54, 1.807) is 0 Å². The normalized spacial score (nSPS) is 11.9. The average Bonchev–Trinajstić information content (AvgIpc) is 2.12. The van der Waals surface area contributed by atoms with Gasteiger partial charge in [-0.3, -0.25) is 4.79 Å². The van der Waals surface area contributed by atoms with Crippen LogP contribution in [0.5, 0.6) is 0 Å². The maximum absolute atomic E-state index is 12.0. The third kappa shape index (κ3) is 5.17. The topological polar surface area (TPSA) is 32.3 Å². The summed E-state index contributed by atoms with van der Waals surface area (Å²) in [5.41, 5.74) is -0.444. The molecule has 0 heterocycles. The molecule has 0 rings (SSSR count). The van der Waals surface area contributed by atoms with E-state index in [-0.39, 0.29) is 5.91 Å². The Morgan fingerprint density at radius 1 is 1.40 bits per heavy atom. The molecule has 90 valence electrons. The van der Waals surface area contributed by atoms with Gasteiger partial charge in [-0.05, 0) is 32.7 Å². The molecular weight excluding hydrogens is 188 g/mol. The Labute approximate surface area is 94.2 Å². The molecule has 1 N–H and O–H groups in total. The Morgan fingerprint density at radius 2 is 1.93 bits per heavy atom. The molecule has 0 aromatic heterocycles. The number of nitrogens with zero attached hydrogens (tertiary/aromatic N) is 1. The summed E-state index contributed by atoms with van der Waals surface area (Å²) in [5, 5.41) is 3.20. The molecule has 3 heteroatoms. The van der Waals surface area contributed by atoms with Crippen molar-refractivity contribution in [3.8, 4) is 0 Å². The third-order valence-corrected chi connectivity index (χ3v) is 2.54. The van der Waals surface area contributed by atoms with E-state index in [1.807, 2.05) is 32.7 Å². The SMILES string of the molecule is CCNC(C)(C)C(=O)N(C)CCC(C)C. The summed E-state index contributed by atoms with van der Waals surface area (Å²) in [4.78, 5) is 13.9. The zero-order valence-corrected chi connectivity index (χ0v) is 11.1. The van der Waals surface area contributed by atoms with Crippen molar-refractivity contribution in [1.82, 2.24) is 10.2 Å². The highest BCUT2D eigenvalue weighted by Gasteiger charge is 2.28. The fourth-order valence-electron chi connectivity index (χ4n) is 1.55. The van der Waals surface area contributed by atoms with Crippen LogP contribution in [-0.4, -0.2) is 36.5 Å². The van der Waals surface area contributed by atoms with Crippen LogP contribution in [0.4, 0.5) is 0 Å². The molecule has 0 aromatic carbocycles. The molecule has 0 spiro atoms. The van der Waals surface area contributed by atoms with Crippen LogP contribution in [0.15, 0.2) is 0 Å². The molecule has 0 aliphatic heterocycles. The van der Waals surface area contributed by atoms with Gasteiger partial charge in [0.1, 0.15) is 0 Å². The van der Waals surface area contributed by atoms with Gasteiger partial charge < -0.3 is 10.2 Å². The second kappa shape index (κ2) is 6.11. The molecule has 15 heavy (non-hydrogen) atoms. The number of likely N-dealkylation sites (N-methyl/N-ethyl adjacent to an activating group) is 2. The van der Waals surface area contributed by atoms with Gasteiger partial charge in [-0.1, -0.05) is 20.8 Å². The number of carbonyl (C=O) groups is 1. The van der Waals surface area contributed by atoms with E-state index in [1.165, 1.54) is 0 Å². The highest BCUT2D eigenvalue weighted by Crippen LogP contribution is 2.08. The largest absolute Gasteiger partial charge is 0.344 e. The van der Waals surface area contributed by atoms with Crippen LogP contribution in [-0.2, 0) is 4.79 Å². The average molecular weight is 214 g/mol. The Bertz CT molecular complexity index is 200. The minimum Gasteiger partial charge on any atom is -0.344 e. The van der Waals surface area contributed by atoms with Crippen LogP contribution in [0.1, 0.15) is 41.0 Å². The fraction of sp³-hybridized carbons (Fsp3) is 0.917. The Balaban J connectivity index is 4.18. The first kappa shape index (κ1) is 14.4. The molecule has 0 atom stereocenters. The van der Waals surface area contributed by atoms with Gasteiger partial charge in [-0.2, -0.15) is 0 Å². The number of hydrogen-bond acceptors (Lipinski definition) is 2. The van der Waals surface area contributed by atoms with Crippen LogP contribution in [0, 0.1) is 5.92 Å². The molecule has 0 fully saturated rings. The first-order valence-electron chi connectivity index (χ1n) is 5.81. The van der Waals surface area contributed by atoms with Gasteiger partial charge in [-0.15, -0.1) is 0 Å². The smallest absolute Gasteiger partial charge is 0.242 e. The second-order valence-corrected chi connectivity index (χ2v) is 5.06. The summed E-state index contributed by atoms with van der Waals surface area (Å²) in [6, 6.07) is 0. The predicted molar refractivity (Wildman–Crippen MR) is 64.8 cm³/mol. The van der Waals surface area contributed by atoms with Gasteiger partial charge in [0.05, 0.1) is 5.54 Å². The molecule has 3 nitrogen and oxygen atoms in total. The summed E-state index contributed by atoms with van der Waals surface area (Å²) in [6.45, 7) is 11.9. The summed E-state index contributed by atoms with van der Waals surface area (Å²) >= 11 is 0. The molecule has 0 bridgehead atoms. The number of amides is 1. The Kier molecular flexibility index (Phi) is 5.88. The molecular formula is C12H26N2O. The van der Waals surface area contributed by atoms with Crippen molar-refractivity contribution in [2.75, 3.05) is 20.1 Å². The Hall–Kier alpha value is -0.570. The van der Waals surface area contributed by atoms with Crippen molar-refractivity contribution in [3.63, 3.8) is 0 Å². The van der Waals surface area contributed by atoms with Gasteiger partial charge in [0, 0.05) is 13.6 Å². The van der Waals surface area contributed by atoms with E-state index in [2.05, 4.69) is 19.2 Å². The standard InChI is InChI=1S/C12H26N2O/c1-7-13-12(4,5)11(15)14(6)9-8-10(2)3/h10,13H,7-9H2,1-6H3. The number of nitrogens with one attached hydrogen (secondary N) is 1. The zero-order valence-electron chi connectivity index (χ0n) is 11.1. The van der Waals surface area contributed by atoms with Gasteiger partial charge in [0.25, 0.3) is 0 Å². The lowest BCUT2D eigenvalue weighted by Gasteiger charge is -2.30. The van der Waals surface area contributed by atoms with Gasteiger partial charge >= 0.3 is 0 Å². The molecule has 0 aliphatic carbocycles. The van der Waals surface area contributed by atoms with E-state index >= 15 is 0 Å². The van der Waals surface area contributed by atoms with Crippen molar-refractivity contribution < 1.29 is 4.79 Å². The third-order valence-electron chi connectivity index (χ3n) is 2.54. The molecule has 1 amide bonds. The lowest BCUT2D eigenvalue weighted by Crippen LogP contribution is -2.53. The fourth-order valence-corrected chi connectivity index (χ4v) is 1.55. The van der Waals surface area contributed by atoms with Crippen molar-refractivity contribution in [3.05, 3.63) is 0 Å². The van der Waals surface area contributed by atoms with Crippen LogP contribution in [0.3, 0.4) is 0 Å². The molecule has 0 radical (unpaired) electrons. The van der Waals surface area contributed by atoms with Crippen LogP contribution in [0.25, 0.3) is 0 Å².